The van der Waals surface area contributed by atoms with E-state index < -0.39 is 46.7 Å². The van der Waals surface area contributed by atoms with Crippen molar-refractivity contribution < 1.29 is 27.2 Å². The van der Waals surface area contributed by atoms with Crippen LogP contribution >= 0.6 is 12.2 Å². The first-order valence-electron chi connectivity index (χ1n) is 13.6. The number of carbonyl (C=O) groups excluding carboxylic acids is 2. The lowest BCUT2D eigenvalue weighted by molar-refractivity contribution is -0.120. The van der Waals surface area contributed by atoms with Gasteiger partial charge in [0, 0.05) is 39.5 Å². The van der Waals surface area contributed by atoms with Gasteiger partial charge in [-0.2, -0.15) is 0 Å². The summed E-state index contributed by atoms with van der Waals surface area (Å²) in [6.45, 7) is 5.30. The molecule has 0 aliphatic rings. The van der Waals surface area contributed by atoms with Crippen LogP contribution in [0.2, 0.25) is 0 Å². The number of pyridine rings is 1. The number of nitrogen functional groups attached to an aromatic ring is 1. The van der Waals surface area contributed by atoms with Gasteiger partial charge in [-0.25, -0.2) is 17.6 Å². The Morgan fingerprint density at radius 2 is 1.61 bits per heavy atom. The minimum atomic E-state index is -0.954. The highest BCUT2D eigenvalue weighted by atomic mass is 32.1. The summed E-state index contributed by atoms with van der Waals surface area (Å²) in [7, 11) is 0. The highest BCUT2D eigenvalue weighted by molar-refractivity contribution is 7.81. The molecule has 4 aromatic rings. The van der Waals surface area contributed by atoms with Crippen molar-refractivity contribution in [3.8, 4) is 11.1 Å². The summed E-state index contributed by atoms with van der Waals surface area (Å²) in [6, 6.07) is 13.0. The van der Waals surface area contributed by atoms with Gasteiger partial charge in [-0.05, 0) is 86.8 Å². The first kappa shape index (κ1) is 32.3. The molecule has 3 aromatic carbocycles. The number of carbonyl (C=O) groups is 2. The SMILES string of the molecule is CC(C)(C)NC(=O)c1cc(-c2cccnc2C(Cc2cc(F)cc(F)c2)NC(=O)CC(=S)c2cc(F)ccc2N)ccc1F. The number of thiocarbonyl (C=S) groups is 1. The van der Waals surface area contributed by atoms with E-state index in [0.717, 1.165) is 30.3 Å². The van der Waals surface area contributed by atoms with E-state index in [2.05, 4.69) is 15.6 Å². The van der Waals surface area contributed by atoms with E-state index in [-0.39, 0.29) is 45.8 Å². The Balaban J connectivity index is 1.72. The molecule has 0 saturated heterocycles. The number of nitrogens with zero attached hydrogens (tertiary/aromatic N) is 1. The molecule has 0 radical (unpaired) electrons. The van der Waals surface area contributed by atoms with Crippen molar-refractivity contribution in [2.45, 2.75) is 45.2 Å². The molecule has 4 rings (SSSR count). The fourth-order valence-corrected chi connectivity index (χ4v) is 4.96. The third-order valence-electron chi connectivity index (χ3n) is 6.51. The third kappa shape index (κ3) is 8.25. The van der Waals surface area contributed by atoms with Gasteiger partial charge in [-0.1, -0.05) is 24.4 Å². The van der Waals surface area contributed by atoms with Crippen LogP contribution < -0.4 is 16.4 Å². The number of nitrogens with two attached hydrogens (primary N) is 1. The largest absolute Gasteiger partial charge is 0.398 e. The number of aromatic nitrogens is 1. The van der Waals surface area contributed by atoms with E-state index in [0.29, 0.717) is 11.1 Å². The summed E-state index contributed by atoms with van der Waals surface area (Å²) in [5, 5.41) is 5.56. The van der Waals surface area contributed by atoms with Crippen molar-refractivity contribution in [2.24, 2.45) is 0 Å². The topological polar surface area (TPSA) is 97.1 Å². The molecule has 0 aliphatic carbocycles. The van der Waals surface area contributed by atoms with Crippen molar-refractivity contribution in [3.05, 3.63) is 119 Å². The van der Waals surface area contributed by atoms with Crippen LogP contribution in [0.1, 0.15) is 60.4 Å². The molecule has 228 valence electrons. The van der Waals surface area contributed by atoms with Gasteiger partial charge in [0.1, 0.15) is 23.3 Å². The molecule has 44 heavy (non-hydrogen) atoms. The molecule has 0 saturated carbocycles. The Labute approximate surface area is 257 Å². The van der Waals surface area contributed by atoms with Crippen molar-refractivity contribution >= 4 is 34.6 Å². The maximum absolute atomic E-state index is 14.8. The minimum absolute atomic E-state index is 0.0855. The number of amides is 2. The Hall–Kier alpha value is -4.64. The summed E-state index contributed by atoms with van der Waals surface area (Å²) in [4.78, 5) is 30.7. The normalized spacial score (nSPS) is 12.0. The molecule has 1 heterocycles. The zero-order chi connectivity index (χ0) is 32.2. The monoisotopic (exact) mass is 622 g/mol. The van der Waals surface area contributed by atoms with Crippen LogP contribution in [0.15, 0.2) is 72.9 Å². The van der Waals surface area contributed by atoms with Gasteiger partial charge in [0.05, 0.1) is 23.7 Å². The van der Waals surface area contributed by atoms with Gasteiger partial charge >= 0.3 is 0 Å². The smallest absolute Gasteiger partial charge is 0.254 e. The molecule has 1 unspecified atom stereocenters. The highest BCUT2D eigenvalue weighted by Gasteiger charge is 2.24. The summed E-state index contributed by atoms with van der Waals surface area (Å²) in [5.74, 6) is -4.11. The maximum Gasteiger partial charge on any atom is 0.254 e. The Morgan fingerprint density at radius 1 is 0.909 bits per heavy atom. The summed E-state index contributed by atoms with van der Waals surface area (Å²) >= 11 is 5.37. The molecule has 0 fully saturated rings. The molecule has 0 spiro atoms. The first-order valence-corrected chi connectivity index (χ1v) is 14.0. The van der Waals surface area contributed by atoms with Crippen molar-refractivity contribution in [1.29, 1.82) is 0 Å². The van der Waals surface area contributed by atoms with Crippen LogP contribution in [-0.2, 0) is 11.2 Å². The molecule has 0 bridgehead atoms. The van der Waals surface area contributed by atoms with Crippen LogP contribution in [0.3, 0.4) is 0 Å². The summed E-state index contributed by atoms with van der Waals surface area (Å²) in [6.07, 6.45) is 1.05. The minimum Gasteiger partial charge on any atom is -0.398 e. The molecule has 1 aromatic heterocycles. The predicted octanol–water partition coefficient (Wildman–Crippen LogP) is 6.62. The number of halogens is 4. The van der Waals surface area contributed by atoms with E-state index >= 15 is 0 Å². The van der Waals surface area contributed by atoms with Crippen LogP contribution in [0.5, 0.6) is 0 Å². The molecule has 11 heteroatoms. The average Bonchev–Trinajstić information content (AvgIpc) is 2.92. The Morgan fingerprint density at radius 3 is 2.30 bits per heavy atom. The number of benzene rings is 3. The van der Waals surface area contributed by atoms with E-state index in [1.165, 1.54) is 30.5 Å². The molecular formula is C33H30F4N4O2S. The predicted molar refractivity (Wildman–Crippen MR) is 165 cm³/mol. The fourth-order valence-electron chi connectivity index (χ4n) is 4.65. The van der Waals surface area contributed by atoms with Crippen molar-refractivity contribution in [2.75, 3.05) is 5.73 Å². The zero-order valence-electron chi connectivity index (χ0n) is 24.2. The lowest BCUT2D eigenvalue weighted by Crippen LogP contribution is -2.40. The highest BCUT2D eigenvalue weighted by Crippen LogP contribution is 2.31. The standard InChI is InChI=1S/C33H30F4N4O2S/c1-33(2,3)41-32(43)24-14-19(6-8-26(24)37)23-5-4-10-39-31(23)28(13-18-11-21(35)15-22(36)12-18)40-30(42)17-29(44)25-16-20(34)7-9-27(25)38/h4-12,14-16,28H,13,17,38H2,1-3H3,(H,40,42)(H,41,43). The van der Waals surface area contributed by atoms with Crippen LogP contribution in [0.25, 0.3) is 11.1 Å². The summed E-state index contributed by atoms with van der Waals surface area (Å²) in [5.41, 5.74) is 6.89. The van der Waals surface area contributed by atoms with E-state index in [1.54, 1.807) is 32.9 Å². The summed E-state index contributed by atoms with van der Waals surface area (Å²) < 4.78 is 56.8. The Bertz CT molecular complexity index is 1720. The van der Waals surface area contributed by atoms with Gasteiger partial charge < -0.3 is 16.4 Å². The molecule has 2 amide bonds. The second-order valence-electron chi connectivity index (χ2n) is 11.3. The zero-order valence-corrected chi connectivity index (χ0v) is 25.0. The number of nitrogens with one attached hydrogen (secondary N) is 2. The maximum atomic E-state index is 14.8. The van der Waals surface area contributed by atoms with Crippen molar-refractivity contribution in [1.82, 2.24) is 15.6 Å². The van der Waals surface area contributed by atoms with Gasteiger partial charge in [-0.15, -0.1) is 0 Å². The van der Waals surface area contributed by atoms with E-state index in [1.807, 2.05) is 0 Å². The van der Waals surface area contributed by atoms with Crippen LogP contribution in [0, 0.1) is 23.3 Å². The molecule has 1 atom stereocenters. The molecule has 0 aliphatic heterocycles. The number of rotatable bonds is 9. The van der Waals surface area contributed by atoms with Gasteiger partial charge in [0.2, 0.25) is 5.91 Å². The average molecular weight is 623 g/mol. The van der Waals surface area contributed by atoms with Gasteiger partial charge in [0.25, 0.3) is 5.91 Å². The van der Waals surface area contributed by atoms with Crippen LogP contribution in [0.4, 0.5) is 23.2 Å². The van der Waals surface area contributed by atoms with Crippen LogP contribution in [-0.4, -0.2) is 27.2 Å². The Kier molecular flexibility index (Phi) is 9.78. The molecule has 6 nitrogen and oxygen atoms in total. The second kappa shape index (κ2) is 13.3. The van der Waals surface area contributed by atoms with E-state index in [4.69, 9.17) is 18.0 Å². The van der Waals surface area contributed by atoms with E-state index in [9.17, 15) is 27.2 Å². The lowest BCUT2D eigenvalue weighted by Gasteiger charge is -2.23. The van der Waals surface area contributed by atoms with Gasteiger partial charge in [0.15, 0.2) is 0 Å². The number of hydrogen-bond acceptors (Lipinski definition) is 5. The molecular weight excluding hydrogens is 592 g/mol. The second-order valence-corrected chi connectivity index (χ2v) is 11.8. The third-order valence-corrected chi connectivity index (χ3v) is 6.88. The first-order chi connectivity index (χ1) is 20.7. The van der Waals surface area contributed by atoms with Crippen molar-refractivity contribution in [3.63, 3.8) is 0 Å². The number of hydrogen-bond donors (Lipinski definition) is 3. The van der Waals surface area contributed by atoms with Gasteiger partial charge in [-0.3, -0.25) is 14.6 Å². The molecule has 4 N–H and O–H groups in total. The lowest BCUT2D eigenvalue weighted by atomic mass is 9.94. The number of anilines is 1. The quantitative estimate of drug-likeness (QED) is 0.0844. The fraction of sp³-hybridized carbons (Fsp3) is 0.212.